The lowest BCUT2D eigenvalue weighted by atomic mass is 10.0. The van der Waals surface area contributed by atoms with Crippen molar-refractivity contribution in [3.8, 4) is 0 Å². The molecule has 1 saturated carbocycles. The van der Waals surface area contributed by atoms with Gasteiger partial charge in [-0.2, -0.15) is 0 Å². The van der Waals surface area contributed by atoms with E-state index in [1.807, 2.05) is 30.3 Å². The van der Waals surface area contributed by atoms with Gasteiger partial charge in [0, 0.05) is 11.3 Å². The first kappa shape index (κ1) is 15.7. The minimum atomic E-state index is -0.305. The van der Waals surface area contributed by atoms with Crippen LogP contribution < -0.4 is 10.6 Å². The fourth-order valence-corrected chi connectivity index (χ4v) is 3.19. The summed E-state index contributed by atoms with van der Waals surface area (Å²) in [5.41, 5.74) is 1.62. The van der Waals surface area contributed by atoms with Crippen molar-refractivity contribution in [3.63, 3.8) is 0 Å². The summed E-state index contributed by atoms with van der Waals surface area (Å²) in [6.07, 6.45) is 4.80. The fraction of sp³-hybridized carbons (Fsp3) is 0.316. The molecule has 4 heteroatoms. The molecule has 3 rings (SSSR count). The number of halogens is 1. The molecule has 0 saturated heterocycles. The first-order valence-electron chi connectivity index (χ1n) is 8.19. The third-order valence-corrected chi connectivity index (χ3v) is 4.42. The van der Waals surface area contributed by atoms with Crippen molar-refractivity contribution in [3.05, 3.63) is 66.0 Å². The molecule has 120 valence electrons. The van der Waals surface area contributed by atoms with Gasteiger partial charge < -0.3 is 10.6 Å². The van der Waals surface area contributed by atoms with Crippen molar-refractivity contribution in [2.75, 3.05) is 5.32 Å². The number of amides is 1. The molecule has 0 heterocycles. The highest BCUT2D eigenvalue weighted by Crippen LogP contribution is 2.18. The van der Waals surface area contributed by atoms with Gasteiger partial charge in [0.15, 0.2) is 6.04 Å². The van der Waals surface area contributed by atoms with Crippen LogP contribution in [-0.4, -0.2) is 11.9 Å². The number of nitrogens with one attached hydrogen (secondary N) is 1. The molecule has 0 spiro atoms. The number of nitrogens with two attached hydrogens (primary N) is 1. The average Bonchev–Trinajstić information content (AvgIpc) is 3.09. The van der Waals surface area contributed by atoms with E-state index in [4.69, 9.17) is 0 Å². The maximum atomic E-state index is 13.0. The van der Waals surface area contributed by atoms with E-state index in [0.717, 1.165) is 18.4 Å². The first-order valence-corrected chi connectivity index (χ1v) is 8.19. The predicted octanol–water partition coefficient (Wildman–Crippen LogP) is 3.01. The number of carbonyl (C=O) groups excluding carboxylic acids is 1. The average molecular weight is 313 g/mol. The normalized spacial score (nSPS) is 16.2. The molecule has 1 aliphatic carbocycles. The molecule has 3 N–H and O–H groups in total. The summed E-state index contributed by atoms with van der Waals surface area (Å²) in [6, 6.07) is 15.9. The third-order valence-electron chi connectivity index (χ3n) is 4.42. The molecule has 2 aromatic rings. The molecule has 1 amide bonds. The lowest BCUT2D eigenvalue weighted by Gasteiger charge is -2.19. The van der Waals surface area contributed by atoms with Gasteiger partial charge in [0.1, 0.15) is 5.82 Å². The molecule has 0 bridgehead atoms. The van der Waals surface area contributed by atoms with E-state index < -0.39 is 0 Å². The zero-order chi connectivity index (χ0) is 16.1. The van der Waals surface area contributed by atoms with Crippen LogP contribution in [0.3, 0.4) is 0 Å². The highest BCUT2D eigenvalue weighted by atomic mass is 19.1. The van der Waals surface area contributed by atoms with Gasteiger partial charge in [-0.1, -0.05) is 30.3 Å². The molecule has 0 aliphatic heterocycles. The second-order valence-electron chi connectivity index (χ2n) is 6.12. The van der Waals surface area contributed by atoms with Crippen molar-refractivity contribution < 1.29 is 14.5 Å². The van der Waals surface area contributed by atoms with E-state index in [9.17, 15) is 9.18 Å². The topological polar surface area (TPSA) is 45.7 Å². The lowest BCUT2D eigenvalue weighted by molar-refractivity contribution is -0.714. The Balaban J connectivity index is 1.76. The molecule has 0 aromatic heterocycles. The van der Waals surface area contributed by atoms with Crippen molar-refractivity contribution in [2.24, 2.45) is 0 Å². The Morgan fingerprint density at radius 2 is 1.70 bits per heavy atom. The Bertz CT molecular complexity index is 636. The molecule has 0 unspecified atom stereocenters. The summed E-state index contributed by atoms with van der Waals surface area (Å²) < 4.78 is 13.0. The molecular formula is C19H22FN2O+. The smallest absolute Gasteiger partial charge is 0.287 e. The van der Waals surface area contributed by atoms with Crippen molar-refractivity contribution in [1.29, 1.82) is 0 Å². The quantitative estimate of drug-likeness (QED) is 0.876. The minimum absolute atomic E-state index is 0.0605. The van der Waals surface area contributed by atoms with Crippen LogP contribution >= 0.6 is 0 Å². The Hall–Kier alpha value is -2.20. The highest BCUT2D eigenvalue weighted by molar-refractivity contribution is 5.94. The summed E-state index contributed by atoms with van der Waals surface area (Å²) in [5, 5.41) is 5.09. The summed E-state index contributed by atoms with van der Waals surface area (Å²) >= 11 is 0. The number of benzene rings is 2. The van der Waals surface area contributed by atoms with E-state index in [0.29, 0.717) is 11.7 Å². The Morgan fingerprint density at radius 1 is 1.04 bits per heavy atom. The highest BCUT2D eigenvalue weighted by Gasteiger charge is 2.29. The van der Waals surface area contributed by atoms with Crippen molar-refractivity contribution >= 4 is 11.6 Å². The van der Waals surface area contributed by atoms with E-state index in [-0.39, 0.29) is 17.8 Å². The number of hydrogen-bond donors (Lipinski definition) is 2. The predicted molar refractivity (Wildman–Crippen MR) is 88.4 cm³/mol. The van der Waals surface area contributed by atoms with Crippen LogP contribution in [0, 0.1) is 5.82 Å². The van der Waals surface area contributed by atoms with Gasteiger partial charge >= 0.3 is 0 Å². The van der Waals surface area contributed by atoms with Crippen LogP contribution in [0.25, 0.3) is 0 Å². The summed E-state index contributed by atoms with van der Waals surface area (Å²) in [4.78, 5) is 12.7. The van der Waals surface area contributed by atoms with E-state index in [1.165, 1.54) is 25.0 Å². The summed E-state index contributed by atoms with van der Waals surface area (Å²) in [5.74, 6) is -0.366. The molecule has 3 nitrogen and oxygen atoms in total. The van der Waals surface area contributed by atoms with Gasteiger partial charge in [0.2, 0.25) is 0 Å². The maximum absolute atomic E-state index is 13.0. The summed E-state index contributed by atoms with van der Waals surface area (Å²) in [7, 11) is 0. The molecule has 23 heavy (non-hydrogen) atoms. The zero-order valence-corrected chi connectivity index (χ0v) is 13.0. The number of hydrogen-bond acceptors (Lipinski definition) is 1. The van der Waals surface area contributed by atoms with Crippen LogP contribution in [0.4, 0.5) is 10.1 Å². The Morgan fingerprint density at radius 3 is 2.35 bits per heavy atom. The van der Waals surface area contributed by atoms with Crippen LogP contribution in [0.2, 0.25) is 0 Å². The van der Waals surface area contributed by atoms with Gasteiger partial charge in [0.05, 0.1) is 6.04 Å². The molecule has 1 aliphatic rings. The van der Waals surface area contributed by atoms with Crippen LogP contribution in [0.15, 0.2) is 54.6 Å². The van der Waals surface area contributed by atoms with Crippen molar-refractivity contribution in [1.82, 2.24) is 0 Å². The largest absolute Gasteiger partial charge is 0.330 e. The zero-order valence-electron chi connectivity index (χ0n) is 13.0. The summed E-state index contributed by atoms with van der Waals surface area (Å²) in [6.45, 7) is 0. The second kappa shape index (κ2) is 7.38. The van der Waals surface area contributed by atoms with Gasteiger partial charge in [0.25, 0.3) is 5.91 Å². The van der Waals surface area contributed by atoms with E-state index in [2.05, 4.69) is 10.6 Å². The molecular weight excluding hydrogens is 291 g/mol. The minimum Gasteiger partial charge on any atom is -0.330 e. The second-order valence-corrected chi connectivity index (χ2v) is 6.12. The monoisotopic (exact) mass is 313 g/mol. The van der Waals surface area contributed by atoms with Gasteiger partial charge in [-0.3, -0.25) is 4.79 Å². The van der Waals surface area contributed by atoms with Gasteiger partial charge in [-0.25, -0.2) is 4.39 Å². The van der Waals surface area contributed by atoms with Crippen molar-refractivity contribution in [2.45, 2.75) is 37.8 Å². The third kappa shape index (κ3) is 4.17. The number of anilines is 1. The SMILES string of the molecule is O=C(Nc1ccc(F)cc1)[C@@H]([NH2+]C1CCCC1)c1ccccc1. The molecule has 1 atom stereocenters. The molecule has 0 radical (unpaired) electrons. The van der Waals surface area contributed by atoms with Crippen LogP contribution in [0.5, 0.6) is 0 Å². The van der Waals surface area contributed by atoms with Gasteiger partial charge in [-0.15, -0.1) is 0 Å². The maximum Gasteiger partial charge on any atom is 0.287 e. The van der Waals surface area contributed by atoms with Crippen LogP contribution in [-0.2, 0) is 4.79 Å². The number of quaternary nitrogens is 1. The standard InChI is InChI=1S/C19H21FN2O/c20-15-10-12-17(13-11-15)22-19(23)18(14-6-2-1-3-7-14)21-16-8-4-5-9-16/h1-3,6-7,10-13,16,18,21H,4-5,8-9H2,(H,22,23)/p+1/t18-/m0/s1. The van der Waals surface area contributed by atoms with Gasteiger partial charge in [-0.05, 0) is 49.9 Å². The number of rotatable bonds is 5. The fourth-order valence-electron chi connectivity index (χ4n) is 3.19. The van der Waals surface area contributed by atoms with E-state index in [1.54, 1.807) is 12.1 Å². The number of carbonyl (C=O) groups is 1. The Labute approximate surface area is 135 Å². The van der Waals surface area contributed by atoms with E-state index >= 15 is 0 Å². The molecule has 1 fully saturated rings. The van der Waals surface area contributed by atoms with Crippen LogP contribution in [0.1, 0.15) is 37.3 Å². The first-order chi connectivity index (χ1) is 11.2. The molecule has 2 aromatic carbocycles. The lowest BCUT2D eigenvalue weighted by Crippen LogP contribution is -2.92. The Kier molecular flexibility index (Phi) is 5.03.